The van der Waals surface area contributed by atoms with Crippen molar-refractivity contribution in [2.24, 2.45) is 11.7 Å². The van der Waals surface area contributed by atoms with Gasteiger partial charge in [0.05, 0.1) is 12.0 Å². The van der Waals surface area contributed by atoms with Crippen molar-refractivity contribution >= 4 is 5.78 Å². The summed E-state index contributed by atoms with van der Waals surface area (Å²) >= 11 is 0. The van der Waals surface area contributed by atoms with Gasteiger partial charge in [-0.2, -0.15) is 0 Å². The number of imidazole rings is 1. The van der Waals surface area contributed by atoms with Gasteiger partial charge in [-0.1, -0.05) is 32.9 Å². The van der Waals surface area contributed by atoms with Gasteiger partial charge in [0.15, 0.2) is 5.78 Å². The number of aromatic nitrogens is 5. The van der Waals surface area contributed by atoms with Crippen molar-refractivity contribution in [1.29, 1.82) is 0 Å². The molecule has 1 atom stereocenters. The molecule has 0 saturated carbocycles. The normalized spacial score (nSPS) is 12.7. The summed E-state index contributed by atoms with van der Waals surface area (Å²) in [5.74, 6) is 0.640. The molecule has 7 nitrogen and oxygen atoms in total. The number of H-pyrrole nitrogens is 1. The molecule has 0 saturated heterocycles. The smallest absolute Gasteiger partial charge is 0.154 e. The molecule has 0 unspecified atom stereocenters. The zero-order valence-electron chi connectivity index (χ0n) is 15.6. The molecule has 24 heavy (non-hydrogen) atoms. The first-order chi connectivity index (χ1) is 11.3. The van der Waals surface area contributed by atoms with Crippen LogP contribution in [0.5, 0.6) is 0 Å². The van der Waals surface area contributed by atoms with Crippen molar-refractivity contribution in [3.05, 3.63) is 30.1 Å². The minimum atomic E-state index is -0.350. The Morgan fingerprint density at radius 2 is 2.04 bits per heavy atom. The van der Waals surface area contributed by atoms with E-state index in [9.17, 15) is 4.79 Å². The Balaban J connectivity index is 0.00000139. The summed E-state index contributed by atoms with van der Waals surface area (Å²) in [6.45, 7) is 10.3. The standard InChI is InChI=1S/C16H25N5O.CH5N/c1-11(2)7-16(4,5)15-9-21(20-19-15)14(12(3)22)6-13-8-17-10-18-13;1-2/h8-11,14H,6-7H2,1-5H3,(H,17,18);2H2,1H3/t14-;/m0./s1. The van der Waals surface area contributed by atoms with Crippen LogP contribution in [-0.2, 0) is 16.6 Å². The van der Waals surface area contributed by atoms with E-state index in [1.165, 1.54) is 7.05 Å². The van der Waals surface area contributed by atoms with Crippen LogP contribution in [0.25, 0.3) is 0 Å². The van der Waals surface area contributed by atoms with Crippen molar-refractivity contribution in [3.8, 4) is 0 Å². The van der Waals surface area contributed by atoms with E-state index >= 15 is 0 Å². The predicted molar refractivity (Wildman–Crippen MR) is 94.6 cm³/mol. The molecule has 3 N–H and O–H groups in total. The molecule has 0 radical (unpaired) electrons. The molecule has 0 aliphatic heterocycles. The van der Waals surface area contributed by atoms with E-state index < -0.39 is 0 Å². The number of carbonyl (C=O) groups excluding carboxylic acids is 1. The highest BCUT2D eigenvalue weighted by atomic mass is 16.1. The second-order valence-corrected chi connectivity index (χ2v) is 6.97. The fraction of sp³-hybridized carbons (Fsp3) is 0.647. The molecule has 0 aliphatic rings. The van der Waals surface area contributed by atoms with Gasteiger partial charge in [0, 0.05) is 29.9 Å². The number of hydrogen-bond acceptors (Lipinski definition) is 5. The lowest BCUT2D eigenvalue weighted by molar-refractivity contribution is -0.120. The molecular weight excluding hydrogens is 304 g/mol. The number of nitrogens with two attached hydrogens (primary N) is 1. The fourth-order valence-electron chi connectivity index (χ4n) is 2.89. The first-order valence-electron chi connectivity index (χ1n) is 8.27. The van der Waals surface area contributed by atoms with Crippen LogP contribution in [0.4, 0.5) is 0 Å². The van der Waals surface area contributed by atoms with Gasteiger partial charge in [0.25, 0.3) is 0 Å². The zero-order chi connectivity index (χ0) is 18.3. The fourth-order valence-corrected chi connectivity index (χ4v) is 2.89. The molecule has 2 aromatic heterocycles. The highest BCUT2D eigenvalue weighted by molar-refractivity contribution is 5.80. The number of carbonyl (C=O) groups is 1. The topological polar surface area (TPSA) is 102 Å². The Morgan fingerprint density at radius 1 is 1.38 bits per heavy atom. The molecule has 134 valence electrons. The average molecular weight is 334 g/mol. The minimum absolute atomic E-state index is 0.0538. The molecule has 2 heterocycles. The molecule has 0 aromatic carbocycles. The number of nitrogens with one attached hydrogen (secondary N) is 1. The van der Waals surface area contributed by atoms with Crippen LogP contribution in [0.2, 0.25) is 0 Å². The van der Waals surface area contributed by atoms with E-state index in [1.807, 2.05) is 6.20 Å². The number of Topliss-reactive ketones (excluding diaryl/α,β-unsaturated/α-hetero) is 1. The number of ketones is 1. The van der Waals surface area contributed by atoms with E-state index in [0.29, 0.717) is 12.3 Å². The van der Waals surface area contributed by atoms with Gasteiger partial charge in [-0.05, 0) is 26.3 Å². The quantitative estimate of drug-likeness (QED) is 0.808. The molecule has 0 aliphatic carbocycles. The molecule has 2 aromatic rings. The van der Waals surface area contributed by atoms with Gasteiger partial charge >= 0.3 is 0 Å². The summed E-state index contributed by atoms with van der Waals surface area (Å²) in [4.78, 5) is 19.0. The molecular formula is C17H30N6O. The van der Waals surface area contributed by atoms with E-state index in [2.05, 4.69) is 53.7 Å². The first-order valence-corrected chi connectivity index (χ1v) is 8.27. The van der Waals surface area contributed by atoms with Crippen LogP contribution in [0.3, 0.4) is 0 Å². The number of nitrogens with zero attached hydrogens (tertiary/aromatic N) is 4. The molecule has 0 bridgehead atoms. The van der Waals surface area contributed by atoms with Gasteiger partial charge in [-0.3, -0.25) is 4.79 Å². The van der Waals surface area contributed by atoms with Crippen molar-refractivity contribution < 1.29 is 4.79 Å². The third-order valence-corrected chi connectivity index (χ3v) is 3.88. The highest BCUT2D eigenvalue weighted by Crippen LogP contribution is 2.29. The third-order valence-electron chi connectivity index (χ3n) is 3.88. The van der Waals surface area contributed by atoms with Gasteiger partial charge in [-0.15, -0.1) is 5.10 Å². The van der Waals surface area contributed by atoms with Crippen LogP contribution in [-0.4, -0.2) is 37.8 Å². The summed E-state index contributed by atoms with van der Waals surface area (Å²) in [5.41, 5.74) is 6.29. The number of aromatic amines is 1. The van der Waals surface area contributed by atoms with E-state index in [-0.39, 0.29) is 17.2 Å². The van der Waals surface area contributed by atoms with E-state index in [4.69, 9.17) is 0 Å². The predicted octanol–water partition coefficient (Wildman–Crippen LogP) is 2.27. The maximum atomic E-state index is 12.0. The Hall–Kier alpha value is -2.02. The van der Waals surface area contributed by atoms with E-state index in [1.54, 1.807) is 24.1 Å². The molecule has 0 amide bonds. The van der Waals surface area contributed by atoms with Crippen LogP contribution in [0, 0.1) is 5.92 Å². The van der Waals surface area contributed by atoms with Crippen molar-refractivity contribution in [2.45, 2.75) is 58.9 Å². The van der Waals surface area contributed by atoms with Crippen LogP contribution in [0.1, 0.15) is 58.5 Å². The SMILES string of the molecule is CC(=O)[C@H](Cc1cnc[nH]1)n1cc(C(C)(C)CC(C)C)nn1.CN. The lowest BCUT2D eigenvalue weighted by Crippen LogP contribution is -2.21. The molecule has 2 rings (SSSR count). The maximum absolute atomic E-state index is 12.0. The second-order valence-electron chi connectivity index (χ2n) is 6.97. The molecule has 7 heteroatoms. The van der Waals surface area contributed by atoms with E-state index in [0.717, 1.165) is 17.8 Å². The van der Waals surface area contributed by atoms with Gasteiger partial charge in [0.2, 0.25) is 0 Å². The maximum Gasteiger partial charge on any atom is 0.154 e. The molecule has 0 fully saturated rings. The molecule has 0 spiro atoms. The van der Waals surface area contributed by atoms with Crippen molar-refractivity contribution in [3.63, 3.8) is 0 Å². The van der Waals surface area contributed by atoms with Crippen LogP contribution in [0.15, 0.2) is 18.7 Å². The summed E-state index contributed by atoms with van der Waals surface area (Å²) in [7, 11) is 1.50. The van der Waals surface area contributed by atoms with Gasteiger partial charge in [-0.25, -0.2) is 9.67 Å². The Kier molecular flexibility index (Phi) is 7.28. The monoisotopic (exact) mass is 334 g/mol. The average Bonchev–Trinajstić information content (AvgIpc) is 3.17. The Morgan fingerprint density at radius 3 is 2.54 bits per heavy atom. The number of hydrogen-bond donors (Lipinski definition) is 2. The Labute approximate surface area is 144 Å². The summed E-state index contributed by atoms with van der Waals surface area (Å²) in [6, 6.07) is -0.350. The third kappa shape index (κ3) is 5.26. The second kappa shape index (κ2) is 8.73. The van der Waals surface area contributed by atoms with Crippen LogP contribution < -0.4 is 5.73 Å². The lowest BCUT2D eigenvalue weighted by atomic mass is 9.81. The number of rotatable bonds is 7. The van der Waals surface area contributed by atoms with Gasteiger partial charge < -0.3 is 10.7 Å². The Bertz CT molecular complexity index is 615. The van der Waals surface area contributed by atoms with Crippen LogP contribution >= 0.6 is 0 Å². The summed E-state index contributed by atoms with van der Waals surface area (Å²) in [5, 5.41) is 8.51. The van der Waals surface area contributed by atoms with Gasteiger partial charge in [0.1, 0.15) is 6.04 Å². The van der Waals surface area contributed by atoms with Crippen molar-refractivity contribution in [2.75, 3.05) is 7.05 Å². The van der Waals surface area contributed by atoms with Crippen molar-refractivity contribution in [1.82, 2.24) is 25.0 Å². The first kappa shape index (κ1) is 20.0. The summed E-state index contributed by atoms with van der Waals surface area (Å²) < 4.78 is 1.68. The zero-order valence-corrected chi connectivity index (χ0v) is 15.6. The highest BCUT2D eigenvalue weighted by Gasteiger charge is 2.27. The largest absolute Gasteiger partial charge is 0.348 e. The minimum Gasteiger partial charge on any atom is -0.348 e. The lowest BCUT2D eigenvalue weighted by Gasteiger charge is -2.23. The summed E-state index contributed by atoms with van der Waals surface area (Å²) in [6.07, 6.45) is 6.83.